The molecule has 1 aliphatic carbocycles. The van der Waals surface area contributed by atoms with Crippen LogP contribution >= 0.6 is 0 Å². The number of benzene rings is 1. The normalized spacial score (nSPS) is 25.9. The number of carbonyl (C=O) groups is 1. The number of aliphatic hydroxyl groups is 1. The molecule has 0 spiro atoms. The van der Waals surface area contributed by atoms with Gasteiger partial charge < -0.3 is 10.4 Å². The summed E-state index contributed by atoms with van der Waals surface area (Å²) in [5, 5.41) is 12.6. The molecule has 2 N–H and O–H groups in total. The quantitative estimate of drug-likeness (QED) is 0.867. The molecule has 5 heteroatoms. The minimum Gasteiger partial charge on any atom is -0.396 e. The smallest absolute Gasteiger partial charge is 0.223 e. The summed E-state index contributed by atoms with van der Waals surface area (Å²) < 4.78 is 13.0. The zero-order chi connectivity index (χ0) is 15.5. The number of rotatable bonds is 5. The van der Waals surface area contributed by atoms with Gasteiger partial charge >= 0.3 is 0 Å². The van der Waals surface area contributed by atoms with Crippen molar-refractivity contribution < 1.29 is 14.3 Å². The lowest BCUT2D eigenvalue weighted by Crippen LogP contribution is -2.53. The molecule has 0 bridgehead atoms. The van der Waals surface area contributed by atoms with Crippen LogP contribution in [-0.2, 0) is 11.3 Å². The van der Waals surface area contributed by atoms with Crippen LogP contribution in [0.3, 0.4) is 0 Å². The molecule has 1 aliphatic heterocycles. The molecule has 2 unspecified atom stereocenters. The predicted molar refractivity (Wildman–Crippen MR) is 81.5 cm³/mol. The average molecular weight is 306 g/mol. The Hall–Kier alpha value is -1.46. The van der Waals surface area contributed by atoms with Crippen LogP contribution in [0.4, 0.5) is 4.39 Å². The number of piperidine rings is 1. The minimum atomic E-state index is -0.225. The molecule has 22 heavy (non-hydrogen) atoms. The lowest BCUT2D eigenvalue weighted by atomic mass is 9.91. The monoisotopic (exact) mass is 306 g/mol. The Bertz CT molecular complexity index is 516. The molecule has 2 fully saturated rings. The van der Waals surface area contributed by atoms with E-state index in [1.54, 1.807) is 12.1 Å². The fraction of sp³-hybridized carbons (Fsp3) is 0.588. The van der Waals surface area contributed by atoms with Crippen molar-refractivity contribution in [3.05, 3.63) is 35.6 Å². The Balaban J connectivity index is 1.59. The number of carbonyl (C=O) groups excluding carboxylic acids is 1. The molecule has 1 heterocycles. The highest BCUT2D eigenvalue weighted by atomic mass is 19.1. The highest BCUT2D eigenvalue weighted by Crippen LogP contribution is 2.30. The average Bonchev–Trinajstić information content (AvgIpc) is 3.35. The predicted octanol–water partition coefficient (Wildman–Crippen LogP) is 1.53. The molecule has 120 valence electrons. The van der Waals surface area contributed by atoms with Crippen molar-refractivity contribution in [3.63, 3.8) is 0 Å². The van der Waals surface area contributed by atoms with Gasteiger partial charge in [0.25, 0.3) is 0 Å². The molecule has 3 rings (SSSR count). The summed E-state index contributed by atoms with van der Waals surface area (Å²) in [5.74, 6) is 0.225. The van der Waals surface area contributed by atoms with E-state index in [-0.39, 0.29) is 36.2 Å². The third-order valence-corrected chi connectivity index (χ3v) is 4.67. The summed E-state index contributed by atoms with van der Waals surface area (Å²) in [6, 6.07) is 6.55. The van der Waals surface area contributed by atoms with E-state index in [1.807, 2.05) is 0 Å². The van der Waals surface area contributed by atoms with Crippen LogP contribution in [0.25, 0.3) is 0 Å². The Kier molecular flexibility index (Phi) is 4.74. The van der Waals surface area contributed by atoms with Crippen LogP contribution in [0.1, 0.15) is 24.8 Å². The highest BCUT2D eigenvalue weighted by Gasteiger charge is 2.35. The van der Waals surface area contributed by atoms with Crippen molar-refractivity contribution in [1.29, 1.82) is 0 Å². The first-order chi connectivity index (χ1) is 10.7. The summed E-state index contributed by atoms with van der Waals surface area (Å²) >= 11 is 0. The molecule has 0 aromatic heterocycles. The SMILES string of the molecule is O=C(NC1CN(Cc2ccc(F)cc2)CCC1CO)C1CC1. The van der Waals surface area contributed by atoms with E-state index in [9.17, 15) is 14.3 Å². The van der Waals surface area contributed by atoms with Gasteiger partial charge in [0, 0.05) is 37.6 Å². The zero-order valence-electron chi connectivity index (χ0n) is 12.7. The molecule has 1 aromatic carbocycles. The van der Waals surface area contributed by atoms with Gasteiger partial charge in [-0.05, 0) is 43.5 Å². The van der Waals surface area contributed by atoms with Gasteiger partial charge in [0.05, 0.1) is 0 Å². The topological polar surface area (TPSA) is 52.6 Å². The van der Waals surface area contributed by atoms with Gasteiger partial charge in [0.1, 0.15) is 5.82 Å². The van der Waals surface area contributed by atoms with Crippen molar-refractivity contribution >= 4 is 5.91 Å². The van der Waals surface area contributed by atoms with Crippen LogP contribution in [0, 0.1) is 17.7 Å². The highest BCUT2D eigenvalue weighted by molar-refractivity contribution is 5.81. The second kappa shape index (κ2) is 6.75. The lowest BCUT2D eigenvalue weighted by Gasteiger charge is -2.38. The van der Waals surface area contributed by atoms with Crippen molar-refractivity contribution in [2.45, 2.75) is 31.8 Å². The fourth-order valence-electron chi connectivity index (χ4n) is 3.09. The van der Waals surface area contributed by atoms with Crippen molar-refractivity contribution in [1.82, 2.24) is 10.2 Å². The number of amides is 1. The standard InChI is InChI=1S/C17H23FN2O2/c18-15-5-1-12(2-6-15)9-20-8-7-14(11-21)16(10-20)19-17(22)13-3-4-13/h1-2,5-6,13-14,16,21H,3-4,7-11H2,(H,19,22). The van der Waals surface area contributed by atoms with Crippen LogP contribution < -0.4 is 5.32 Å². The van der Waals surface area contributed by atoms with Gasteiger partial charge in [0.15, 0.2) is 0 Å². The van der Waals surface area contributed by atoms with Gasteiger partial charge in [-0.2, -0.15) is 0 Å². The van der Waals surface area contributed by atoms with E-state index < -0.39 is 0 Å². The van der Waals surface area contributed by atoms with E-state index in [1.165, 1.54) is 12.1 Å². The molecule has 1 saturated heterocycles. The van der Waals surface area contributed by atoms with Gasteiger partial charge in [-0.15, -0.1) is 0 Å². The minimum absolute atomic E-state index is 0.00676. The fourth-order valence-corrected chi connectivity index (χ4v) is 3.09. The Morgan fingerprint density at radius 2 is 2.00 bits per heavy atom. The Labute approximate surface area is 130 Å². The second-order valence-corrected chi connectivity index (χ2v) is 6.48. The van der Waals surface area contributed by atoms with E-state index >= 15 is 0 Å². The molecule has 1 amide bonds. The first kappa shape index (κ1) is 15.4. The number of nitrogens with zero attached hydrogens (tertiary/aromatic N) is 1. The third kappa shape index (κ3) is 3.84. The lowest BCUT2D eigenvalue weighted by molar-refractivity contribution is -0.124. The first-order valence-corrected chi connectivity index (χ1v) is 8.03. The van der Waals surface area contributed by atoms with E-state index in [0.717, 1.165) is 44.5 Å². The summed E-state index contributed by atoms with van der Waals surface area (Å²) in [5.41, 5.74) is 1.07. The van der Waals surface area contributed by atoms with Crippen molar-refractivity contribution in [2.75, 3.05) is 19.7 Å². The molecule has 4 nitrogen and oxygen atoms in total. The van der Waals surface area contributed by atoms with Crippen LogP contribution in [-0.4, -0.2) is 41.7 Å². The van der Waals surface area contributed by atoms with Crippen molar-refractivity contribution in [2.24, 2.45) is 11.8 Å². The van der Waals surface area contributed by atoms with E-state index in [4.69, 9.17) is 0 Å². The largest absolute Gasteiger partial charge is 0.396 e. The number of halogens is 1. The van der Waals surface area contributed by atoms with E-state index in [2.05, 4.69) is 10.2 Å². The maximum Gasteiger partial charge on any atom is 0.223 e. The third-order valence-electron chi connectivity index (χ3n) is 4.67. The summed E-state index contributed by atoms with van der Waals surface area (Å²) in [7, 11) is 0. The second-order valence-electron chi connectivity index (χ2n) is 6.48. The Morgan fingerprint density at radius 3 is 2.64 bits per heavy atom. The van der Waals surface area contributed by atoms with Gasteiger partial charge in [-0.3, -0.25) is 9.69 Å². The number of aliphatic hydroxyl groups excluding tert-OH is 1. The number of hydrogen-bond donors (Lipinski definition) is 2. The molecular weight excluding hydrogens is 283 g/mol. The van der Waals surface area contributed by atoms with Crippen LogP contribution in [0.15, 0.2) is 24.3 Å². The van der Waals surface area contributed by atoms with Crippen LogP contribution in [0.2, 0.25) is 0 Å². The molecule has 2 aliphatic rings. The number of hydrogen-bond acceptors (Lipinski definition) is 3. The molecular formula is C17H23FN2O2. The molecule has 1 aromatic rings. The first-order valence-electron chi connectivity index (χ1n) is 8.03. The maximum absolute atomic E-state index is 13.0. The number of likely N-dealkylation sites (tertiary alicyclic amines) is 1. The summed E-state index contributed by atoms with van der Waals surface area (Å²) in [6.07, 6.45) is 2.84. The van der Waals surface area contributed by atoms with E-state index in [0.29, 0.717) is 0 Å². The van der Waals surface area contributed by atoms with Gasteiger partial charge in [-0.1, -0.05) is 12.1 Å². The Morgan fingerprint density at radius 1 is 1.27 bits per heavy atom. The molecule has 2 atom stereocenters. The maximum atomic E-state index is 13.0. The van der Waals surface area contributed by atoms with Gasteiger partial charge in [-0.25, -0.2) is 4.39 Å². The molecule has 0 radical (unpaired) electrons. The van der Waals surface area contributed by atoms with Gasteiger partial charge in [0.2, 0.25) is 5.91 Å². The van der Waals surface area contributed by atoms with Crippen LogP contribution in [0.5, 0.6) is 0 Å². The number of nitrogens with one attached hydrogen (secondary N) is 1. The van der Waals surface area contributed by atoms with Crippen molar-refractivity contribution in [3.8, 4) is 0 Å². The summed E-state index contributed by atoms with van der Waals surface area (Å²) in [4.78, 5) is 14.2. The zero-order valence-corrected chi connectivity index (χ0v) is 12.7. The molecule has 1 saturated carbocycles. The summed E-state index contributed by atoms with van der Waals surface area (Å²) in [6.45, 7) is 2.48.